The lowest BCUT2D eigenvalue weighted by molar-refractivity contribution is 0.116. The highest BCUT2D eigenvalue weighted by atomic mass is 32.2. The highest BCUT2D eigenvalue weighted by molar-refractivity contribution is 7.85. The molecule has 3 aromatic rings. The van der Waals surface area contributed by atoms with Gasteiger partial charge in [0.25, 0.3) is 5.89 Å². The molecule has 12 heteroatoms. The fourth-order valence-corrected chi connectivity index (χ4v) is 5.90. The Morgan fingerprint density at radius 2 is 1.72 bits per heavy atom. The number of piperidine rings is 1. The Labute approximate surface area is 227 Å². The highest BCUT2D eigenvalue weighted by Gasteiger charge is 2.27. The van der Waals surface area contributed by atoms with E-state index in [2.05, 4.69) is 15.1 Å². The summed E-state index contributed by atoms with van der Waals surface area (Å²) in [6.07, 6.45) is 0.740. The number of nitrogens with zero attached hydrogens (tertiary/aromatic N) is 5. The van der Waals surface area contributed by atoms with Crippen molar-refractivity contribution in [3.8, 4) is 11.5 Å². The first kappa shape index (κ1) is 27.3. The van der Waals surface area contributed by atoms with E-state index in [1.54, 1.807) is 4.90 Å². The lowest BCUT2D eigenvalue weighted by Crippen LogP contribution is -2.48. The number of aromatic nitrogens is 2. The molecular weight excluding hydrogens is 531 g/mol. The number of amides is 2. The predicted octanol–water partition coefficient (Wildman–Crippen LogP) is 4.99. The summed E-state index contributed by atoms with van der Waals surface area (Å²) < 4.78 is 57.6. The van der Waals surface area contributed by atoms with Crippen LogP contribution in [0.15, 0.2) is 46.9 Å². The molecule has 2 aliphatic heterocycles. The van der Waals surface area contributed by atoms with Crippen molar-refractivity contribution in [2.45, 2.75) is 38.8 Å². The molecule has 208 valence electrons. The number of rotatable bonds is 7. The minimum Gasteiger partial charge on any atom is -0.415 e. The molecular formula is C27H30F3N5O3S. The minimum absolute atomic E-state index is 0.0534. The van der Waals surface area contributed by atoms with Crippen molar-refractivity contribution < 1.29 is 26.6 Å². The molecule has 0 N–H and O–H groups in total. The molecule has 3 heterocycles. The van der Waals surface area contributed by atoms with Gasteiger partial charge in [0.15, 0.2) is 0 Å². The average Bonchev–Trinajstić information content (AvgIpc) is 3.45. The van der Waals surface area contributed by atoms with Crippen molar-refractivity contribution >= 4 is 22.5 Å². The second-order valence-corrected chi connectivity index (χ2v) is 11.5. The quantitative estimate of drug-likeness (QED) is 0.404. The van der Waals surface area contributed by atoms with Gasteiger partial charge in [-0.05, 0) is 55.8 Å². The number of benzene rings is 2. The van der Waals surface area contributed by atoms with Crippen LogP contribution in [0, 0.1) is 5.82 Å². The van der Waals surface area contributed by atoms with E-state index in [0.29, 0.717) is 30.3 Å². The first-order chi connectivity index (χ1) is 18.9. The number of halogens is 3. The molecule has 2 aromatic carbocycles. The number of carbonyl (C=O) groups excluding carboxylic acids is 1. The van der Waals surface area contributed by atoms with Gasteiger partial charge in [-0.3, -0.25) is 14.0 Å². The van der Waals surface area contributed by atoms with Gasteiger partial charge in [-0.1, -0.05) is 24.6 Å². The number of anilines is 1. The maximum atomic E-state index is 15.2. The fraction of sp³-hybridized carbons (Fsp3) is 0.444. The molecule has 2 fully saturated rings. The molecule has 0 aliphatic carbocycles. The van der Waals surface area contributed by atoms with Crippen LogP contribution in [0.5, 0.6) is 0 Å². The van der Waals surface area contributed by atoms with Crippen LogP contribution in [0.1, 0.15) is 42.7 Å². The Balaban J connectivity index is 1.37. The van der Waals surface area contributed by atoms with Crippen molar-refractivity contribution in [3.05, 3.63) is 65.3 Å². The second kappa shape index (κ2) is 12.3. The molecule has 0 radical (unpaired) electrons. The van der Waals surface area contributed by atoms with E-state index in [1.807, 2.05) is 24.3 Å². The Morgan fingerprint density at radius 3 is 2.36 bits per heavy atom. The van der Waals surface area contributed by atoms with Crippen LogP contribution in [-0.2, 0) is 23.9 Å². The summed E-state index contributed by atoms with van der Waals surface area (Å²) in [5.74, 6) is -0.875. The Kier molecular flexibility index (Phi) is 8.61. The largest absolute Gasteiger partial charge is 0.415 e. The SMILES string of the molecule is O=C(N1CCS(=O)CC1)N(Cc1ccc(-c2nnc(C(F)F)o2)cc1F)c1ccc(CN2CCCCC2)cc1. The Morgan fingerprint density at radius 1 is 1.00 bits per heavy atom. The molecule has 2 amide bonds. The molecule has 39 heavy (non-hydrogen) atoms. The Hall–Kier alpha value is -3.25. The highest BCUT2D eigenvalue weighted by Crippen LogP contribution is 2.27. The van der Waals surface area contributed by atoms with Gasteiger partial charge in [0.2, 0.25) is 5.89 Å². The predicted molar refractivity (Wildman–Crippen MR) is 141 cm³/mol. The summed E-state index contributed by atoms with van der Waals surface area (Å²) in [4.78, 5) is 19.2. The standard InChI is InChI=1S/C27H30F3N5O3S/c28-23-16-20(25-31-32-26(38-25)24(29)30)6-7-21(23)18-35(27(36)34-12-14-39(37)15-13-34)22-8-4-19(5-9-22)17-33-10-2-1-3-11-33/h4-9,16,24H,1-3,10-15,17-18H2. The third-order valence-corrected chi connectivity index (χ3v) is 8.31. The van der Waals surface area contributed by atoms with E-state index in [0.717, 1.165) is 31.3 Å². The van der Waals surface area contributed by atoms with Gasteiger partial charge in [-0.2, -0.15) is 8.78 Å². The summed E-state index contributed by atoms with van der Waals surface area (Å²) in [7, 11) is -0.950. The van der Waals surface area contributed by atoms with Crippen molar-refractivity contribution in [2.24, 2.45) is 0 Å². The van der Waals surface area contributed by atoms with Crippen molar-refractivity contribution in [3.63, 3.8) is 0 Å². The monoisotopic (exact) mass is 561 g/mol. The lowest BCUT2D eigenvalue weighted by atomic mass is 10.1. The van der Waals surface area contributed by atoms with Crippen LogP contribution in [0.4, 0.5) is 23.7 Å². The van der Waals surface area contributed by atoms with Crippen LogP contribution in [-0.4, -0.2) is 67.9 Å². The van der Waals surface area contributed by atoms with Crippen LogP contribution in [0.2, 0.25) is 0 Å². The van der Waals surface area contributed by atoms with Gasteiger partial charge in [0.05, 0.1) is 6.54 Å². The summed E-state index contributed by atoms with van der Waals surface area (Å²) >= 11 is 0. The topological polar surface area (TPSA) is 82.8 Å². The summed E-state index contributed by atoms with van der Waals surface area (Å²) in [6.45, 7) is 3.66. The molecule has 5 rings (SSSR count). The van der Waals surface area contributed by atoms with Crippen LogP contribution in [0.25, 0.3) is 11.5 Å². The molecule has 0 unspecified atom stereocenters. The van der Waals surface area contributed by atoms with E-state index < -0.39 is 28.9 Å². The summed E-state index contributed by atoms with van der Waals surface area (Å²) in [5, 5.41) is 6.85. The summed E-state index contributed by atoms with van der Waals surface area (Å²) in [6, 6.07) is 11.5. The first-order valence-electron chi connectivity index (χ1n) is 13.0. The molecule has 0 atom stereocenters. The minimum atomic E-state index is -2.92. The molecule has 2 saturated heterocycles. The summed E-state index contributed by atoms with van der Waals surface area (Å²) in [5.41, 5.74) is 2.16. The number of hydrogen-bond donors (Lipinski definition) is 0. The van der Waals surface area contributed by atoms with E-state index >= 15 is 4.39 Å². The molecule has 0 spiro atoms. The number of hydrogen-bond acceptors (Lipinski definition) is 6. The van der Waals surface area contributed by atoms with Gasteiger partial charge in [0.1, 0.15) is 5.82 Å². The van der Waals surface area contributed by atoms with Crippen LogP contribution in [0.3, 0.4) is 0 Å². The number of alkyl halides is 2. The van der Waals surface area contributed by atoms with Crippen molar-refractivity contribution in [2.75, 3.05) is 42.6 Å². The number of carbonyl (C=O) groups is 1. The van der Waals surface area contributed by atoms with Gasteiger partial charge < -0.3 is 9.32 Å². The maximum absolute atomic E-state index is 15.2. The van der Waals surface area contributed by atoms with Crippen LogP contribution >= 0.6 is 0 Å². The van der Waals surface area contributed by atoms with E-state index in [4.69, 9.17) is 4.42 Å². The van der Waals surface area contributed by atoms with Crippen LogP contribution < -0.4 is 4.90 Å². The second-order valence-electron chi connectivity index (χ2n) is 9.76. The van der Waals surface area contributed by atoms with Gasteiger partial charge in [-0.15, -0.1) is 10.2 Å². The smallest absolute Gasteiger partial charge is 0.324 e. The molecule has 8 nitrogen and oxygen atoms in total. The number of likely N-dealkylation sites (tertiary alicyclic amines) is 1. The molecule has 0 saturated carbocycles. The van der Waals surface area contributed by atoms with Crippen molar-refractivity contribution in [1.82, 2.24) is 20.0 Å². The third kappa shape index (κ3) is 6.67. The number of urea groups is 1. The molecule has 1 aromatic heterocycles. The first-order valence-corrected chi connectivity index (χ1v) is 14.5. The van der Waals surface area contributed by atoms with E-state index in [-0.39, 0.29) is 29.6 Å². The van der Waals surface area contributed by atoms with Gasteiger partial charge >= 0.3 is 12.5 Å². The Bertz CT molecular complexity index is 1300. The van der Waals surface area contributed by atoms with Gasteiger partial charge in [-0.25, -0.2) is 9.18 Å². The maximum Gasteiger partial charge on any atom is 0.324 e. The zero-order valence-corrected chi connectivity index (χ0v) is 22.2. The van der Waals surface area contributed by atoms with E-state index in [1.165, 1.54) is 36.3 Å². The van der Waals surface area contributed by atoms with Crippen molar-refractivity contribution in [1.29, 1.82) is 0 Å². The average molecular weight is 562 g/mol. The van der Waals surface area contributed by atoms with E-state index in [9.17, 15) is 17.8 Å². The molecule has 0 bridgehead atoms. The third-order valence-electron chi connectivity index (χ3n) is 7.04. The normalized spacial score (nSPS) is 17.1. The van der Waals surface area contributed by atoms with Gasteiger partial charge in [0, 0.05) is 58.8 Å². The zero-order valence-electron chi connectivity index (χ0n) is 21.4. The zero-order chi connectivity index (χ0) is 27.4. The fourth-order valence-electron chi connectivity index (χ4n) is 4.84. The lowest BCUT2D eigenvalue weighted by Gasteiger charge is -2.33. The molecule has 2 aliphatic rings.